The summed E-state index contributed by atoms with van der Waals surface area (Å²) in [5.41, 5.74) is 26.5. The summed E-state index contributed by atoms with van der Waals surface area (Å²) in [5, 5.41) is 9.27. The standard InChI is InChI=1S/C13H14N2.C12H14BrN/c14-7-12-8-3-1-5-10(8)13(15)11-6-2-4-9(11)12;13-11-7-3-1-5-9(7)12(14)10-6-2-4-8(10)11/h1-6,15H2;1-6,14H2. The van der Waals surface area contributed by atoms with E-state index in [1.807, 2.05) is 0 Å². The number of nitrogen functional groups attached to an aromatic ring is 2. The molecular formula is C25H28BrN3. The zero-order chi connectivity index (χ0) is 20.1. The van der Waals surface area contributed by atoms with Gasteiger partial charge in [0.2, 0.25) is 0 Å². The third kappa shape index (κ3) is 2.89. The predicted molar refractivity (Wildman–Crippen MR) is 122 cm³/mol. The summed E-state index contributed by atoms with van der Waals surface area (Å²) in [4.78, 5) is 0. The van der Waals surface area contributed by atoms with Crippen molar-refractivity contribution in [1.82, 2.24) is 0 Å². The summed E-state index contributed by atoms with van der Waals surface area (Å²) in [7, 11) is 0. The van der Waals surface area contributed by atoms with Crippen LogP contribution in [-0.2, 0) is 51.4 Å². The molecule has 150 valence electrons. The highest BCUT2D eigenvalue weighted by Crippen LogP contribution is 2.43. The summed E-state index contributed by atoms with van der Waals surface area (Å²) >= 11 is 3.76. The minimum absolute atomic E-state index is 0.962. The molecule has 4 aliphatic rings. The van der Waals surface area contributed by atoms with Crippen molar-refractivity contribution in [1.29, 1.82) is 5.26 Å². The van der Waals surface area contributed by atoms with Gasteiger partial charge in [-0.3, -0.25) is 0 Å². The van der Waals surface area contributed by atoms with E-state index in [-0.39, 0.29) is 0 Å². The summed E-state index contributed by atoms with van der Waals surface area (Å²) in [6.07, 6.45) is 13.9. The molecule has 0 atom stereocenters. The molecule has 2 aromatic carbocycles. The maximum absolute atomic E-state index is 9.27. The van der Waals surface area contributed by atoms with Crippen molar-refractivity contribution in [2.45, 2.75) is 77.0 Å². The molecule has 0 unspecified atom stereocenters. The molecule has 4 aliphatic carbocycles. The quantitative estimate of drug-likeness (QED) is 0.547. The van der Waals surface area contributed by atoms with Crippen LogP contribution in [0.1, 0.15) is 75.8 Å². The first kappa shape index (κ1) is 19.0. The lowest BCUT2D eigenvalue weighted by atomic mass is 9.93. The Labute approximate surface area is 181 Å². The van der Waals surface area contributed by atoms with Crippen LogP contribution in [0.4, 0.5) is 11.4 Å². The molecule has 0 heterocycles. The van der Waals surface area contributed by atoms with Gasteiger partial charge in [-0.05, 0) is 122 Å². The van der Waals surface area contributed by atoms with E-state index >= 15 is 0 Å². The Kier molecular flexibility index (Phi) is 4.82. The predicted octanol–water partition coefficient (Wildman–Crippen LogP) is 5.13. The molecule has 0 aromatic heterocycles. The van der Waals surface area contributed by atoms with Crippen molar-refractivity contribution in [2.75, 3.05) is 11.5 Å². The Bertz CT molecular complexity index is 954. The van der Waals surface area contributed by atoms with Crippen molar-refractivity contribution in [3.63, 3.8) is 0 Å². The van der Waals surface area contributed by atoms with Gasteiger partial charge in [0.15, 0.2) is 0 Å². The van der Waals surface area contributed by atoms with Crippen LogP contribution >= 0.6 is 15.9 Å². The van der Waals surface area contributed by atoms with E-state index in [1.165, 1.54) is 87.5 Å². The Balaban J connectivity index is 0.000000125. The number of nitrogens with zero attached hydrogens (tertiary/aromatic N) is 1. The smallest absolute Gasteiger partial charge is 0.0997 e. The lowest BCUT2D eigenvalue weighted by Gasteiger charge is -2.13. The fourth-order valence-corrected chi connectivity index (χ4v) is 6.94. The van der Waals surface area contributed by atoms with Crippen molar-refractivity contribution < 1.29 is 0 Å². The van der Waals surface area contributed by atoms with E-state index in [9.17, 15) is 5.26 Å². The van der Waals surface area contributed by atoms with Crippen molar-refractivity contribution in [3.8, 4) is 6.07 Å². The highest BCUT2D eigenvalue weighted by Gasteiger charge is 2.27. The lowest BCUT2D eigenvalue weighted by molar-refractivity contribution is 0.896. The SMILES string of the molecule is N#Cc1c2c(c(N)c3c1CCC3)CCC2.Nc1c2c(c(Br)c3c1CCC3)CCC2. The molecule has 0 spiro atoms. The van der Waals surface area contributed by atoms with Gasteiger partial charge in [-0.15, -0.1) is 0 Å². The number of nitrogens with two attached hydrogens (primary N) is 2. The first-order valence-electron chi connectivity index (χ1n) is 11.1. The van der Waals surface area contributed by atoms with Gasteiger partial charge in [0.25, 0.3) is 0 Å². The number of hydrogen-bond acceptors (Lipinski definition) is 3. The topological polar surface area (TPSA) is 75.8 Å². The van der Waals surface area contributed by atoms with Gasteiger partial charge in [-0.2, -0.15) is 5.26 Å². The van der Waals surface area contributed by atoms with Crippen LogP contribution in [0.5, 0.6) is 0 Å². The highest BCUT2D eigenvalue weighted by molar-refractivity contribution is 9.10. The second-order valence-electron chi connectivity index (χ2n) is 8.87. The molecule has 0 radical (unpaired) electrons. The summed E-state index contributed by atoms with van der Waals surface area (Å²) < 4.78 is 1.38. The Morgan fingerprint density at radius 2 is 0.862 bits per heavy atom. The van der Waals surface area contributed by atoms with E-state index in [0.29, 0.717) is 0 Å². The third-order valence-electron chi connectivity index (χ3n) is 7.42. The zero-order valence-corrected chi connectivity index (χ0v) is 18.6. The summed E-state index contributed by atoms with van der Waals surface area (Å²) in [5.74, 6) is 0. The molecular weight excluding hydrogens is 422 g/mol. The van der Waals surface area contributed by atoms with E-state index < -0.39 is 0 Å². The van der Waals surface area contributed by atoms with Crippen LogP contribution in [0.2, 0.25) is 0 Å². The molecule has 0 saturated heterocycles. The molecule has 0 saturated carbocycles. The molecule has 2 aromatic rings. The molecule has 0 fully saturated rings. The van der Waals surface area contributed by atoms with E-state index in [4.69, 9.17) is 11.5 Å². The van der Waals surface area contributed by atoms with Gasteiger partial charge in [-0.1, -0.05) is 15.9 Å². The van der Waals surface area contributed by atoms with Gasteiger partial charge >= 0.3 is 0 Å². The fourth-order valence-electron chi connectivity index (χ4n) is 6.06. The fraction of sp³-hybridized carbons (Fsp3) is 0.480. The molecule has 0 aliphatic heterocycles. The number of fused-ring (bicyclic) bond motifs is 4. The minimum Gasteiger partial charge on any atom is -0.398 e. The normalized spacial score (nSPS) is 17.8. The molecule has 29 heavy (non-hydrogen) atoms. The Morgan fingerprint density at radius 1 is 0.552 bits per heavy atom. The number of hydrogen-bond donors (Lipinski definition) is 2. The maximum atomic E-state index is 9.27. The molecule has 3 nitrogen and oxygen atoms in total. The average molecular weight is 450 g/mol. The van der Waals surface area contributed by atoms with Gasteiger partial charge in [0.1, 0.15) is 0 Å². The highest BCUT2D eigenvalue weighted by atomic mass is 79.9. The zero-order valence-electron chi connectivity index (χ0n) is 17.0. The first-order valence-corrected chi connectivity index (χ1v) is 11.9. The van der Waals surface area contributed by atoms with Gasteiger partial charge in [-0.25, -0.2) is 0 Å². The lowest BCUT2D eigenvalue weighted by Crippen LogP contribution is -2.03. The second kappa shape index (κ2) is 7.36. The van der Waals surface area contributed by atoms with E-state index in [0.717, 1.165) is 55.5 Å². The molecule has 4 heteroatoms. The second-order valence-corrected chi connectivity index (χ2v) is 9.66. The molecule has 6 rings (SSSR count). The Morgan fingerprint density at radius 3 is 1.24 bits per heavy atom. The van der Waals surface area contributed by atoms with E-state index in [2.05, 4.69) is 22.0 Å². The Hall–Kier alpha value is -1.99. The van der Waals surface area contributed by atoms with Crippen LogP contribution in [0.15, 0.2) is 4.47 Å². The van der Waals surface area contributed by atoms with E-state index in [1.54, 1.807) is 0 Å². The van der Waals surface area contributed by atoms with Gasteiger partial charge in [0, 0.05) is 15.8 Å². The van der Waals surface area contributed by atoms with Crippen LogP contribution in [0, 0.1) is 11.3 Å². The summed E-state index contributed by atoms with van der Waals surface area (Å²) in [6.45, 7) is 0. The number of benzene rings is 2. The number of halogens is 1. The van der Waals surface area contributed by atoms with Crippen molar-refractivity contribution in [3.05, 3.63) is 54.5 Å². The van der Waals surface area contributed by atoms with Gasteiger partial charge < -0.3 is 11.5 Å². The molecule has 4 N–H and O–H groups in total. The van der Waals surface area contributed by atoms with Crippen LogP contribution < -0.4 is 11.5 Å². The number of rotatable bonds is 0. The first-order chi connectivity index (χ1) is 14.1. The average Bonchev–Trinajstić information content (AvgIpc) is 3.53. The van der Waals surface area contributed by atoms with Gasteiger partial charge in [0.05, 0.1) is 11.6 Å². The van der Waals surface area contributed by atoms with Crippen molar-refractivity contribution in [2.24, 2.45) is 0 Å². The number of anilines is 2. The van der Waals surface area contributed by atoms with Crippen LogP contribution in [0.3, 0.4) is 0 Å². The molecule has 0 bridgehead atoms. The minimum atomic E-state index is 0.962. The number of nitriles is 1. The monoisotopic (exact) mass is 449 g/mol. The summed E-state index contributed by atoms with van der Waals surface area (Å²) in [6, 6.07) is 2.40. The van der Waals surface area contributed by atoms with Crippen molar-refractivity contribution >= 4 is 27.3 Å². The largest absolute Gasteiger partial charge is 0.398 e. The maximum Gasteiger partial charge on any atom is 0.0997 e. The van der Waals surface area contributed by atoms with Crippen LogP contribution in [0.25, 0.3) is 0 Å². The van der Waals surface area contributed by atoms with Crippen LogP contribution in [-0.4, -0.2) is 0 Å². The molecule has 0 amide bonds. The third-order valence-corrected chi connectivity index (χ3v) is 8.37.